The maximum atomic E-state index is 12.4. The number of hydrogen-bond donors (Lipinski definition) is 1. The number of fused-ring (bicyclic) bond motifs is 1. The van der Waals surface area contributed by atoms with E-state index in [1.165, 1.54) is 0 Å². The molecule has 1 N–H and O–H groups in total. The van der Waals surface area contributed by atoms with Crippen LogP contribution in [0.2, 0.25) is 0 Å². The fourth-order valence-corrected chi connectivity index (χ4v) is 1.62. The SMILES string of the molecule is CNc1ccn2ccnc2c1CCF. The Hall–Kier alpha value is -1.58. The van der Waals surface area contributed by atoms with Gasteiger partial charge in [0, 0.05) is 43.3 Å². The summed E-state index contributed by atoms with van der Waals surface area (Å²) in [5.41, 5.74) is 2.71. The minimum atomic E-state index is -0.360. The standard InChI is InChI=1S/C10H12FN3/c1-12-9-3-6-14-7-5-13-10(14)8(9)2-4-11/h3,5-7,12H,2,4H2,1H3. The lowest BCUT2D eigenvalue weighted by Gasteiger charge is -2.08. The molecular weight excluding hydrogens is 181 g/mol. The predicted octanol–water partition coefficient (Wildman–Crippen LogP) is 1.89. The molecule has 74 valence electrons. The van der Waals surface area contributed by atoms with Gasteiger partial charge in [0.2, 0.25) is 0 Å². The summed E-state index contributed by atoms with van der Waals surface area (Å²) in [7, 11) is 1.83. The van der Waals surface area contributed by atoms with Crippen molar-refractivity contribution in [3.05, 3.63) is 30.2 Å². The molecule has 0 spiro atoms. The minimum Gasteiger partial charge on any atom is -0.388 e. The van der Waals surface area contributed by atoms with Gasteiger partial charge in [0.15, 0.2) is 0 Å². The maximum Gasteiger partial charge on any atom is 0.142 e. The average molecular weight is 193 g/mol. The van der Waals surface area contributed by atoms with Crippen molar-refractivity contribution in [2.24, 2.45) is 0 Å². The molecule has 0 saturated carbocycles. The van der Waals surface area contributed by atoms with E-state index in [0.29, 0.717) is 6.42 Å². The van der Waals surface area contributed by atoms with Crippen molar-refractivity contribution in [3.8, 4) is 0 Å². The summed E-state index contributed by atoms with van der Waals surface area (Å²) >= 11 is 0. The third kappa shape index (κ3) is 1.32. The highest BCUT2D eigenvalue weighted by molar-refractivity contribution is 5.64. The number of hydrogen-bond acceptors (Lipinski definition) is 2. The van der Waals surface area contributed by atoms with Gasteiger partial charge in [0.25, 0.3) is 0 Å². The molecule has 0 aliphatic heterocycles. The van der Waals surface area contributed by atoms with E-state index in [0.717, 1.165) is 16.9 Å². The largest absolute Gasteiger partial charge is 0.388 e. The van der Waals surface area contributed by atoms with Crippen molar-refractivity contribution < 1.29 is 4.39 Å². The van der Waals surface area contributed by atoms with E-state index in [1.54, 1.807) is 6.20 Å². The van der Waals surface area contributed by atoms with E-state index < -0.39 is 0 Å². The maximum absolute atomic E-state index is 12.4. The lowest BCUT2D eigenvalue weighted by Crippen LogP contribution is -2.00. The summed E-state index contributed by atoms with van der Waals surface area (Å²) in [5, 5.41) is 3.04. The Morgan fingerprint density at radius 2 is 2.36 bits per heavy atom. The number of nitrogens with one attached hydrogen (secondary N) is 1. The van der Waals surface area contributed by atoms with Crippen LogP contribution in [0.3, 0.4) is 0 Å². The normalized spacial score (nSPS) is 10.7. The van der Waals surface area contributed by atoms with Crippen molar-refractivity contribution in [1.82, 2.24) is 9.38 Å². The van der Waals surface area contributed by atoms with Crippen LogP contribution in [-0.4, -0.2) is 23.1 Å². The number of pyridine rings is 1. The molecule has 2 heterocycles. The molecule has 2 aromatic heterocycles. The van der Waals surface area contributed by atoms with Crippen LogP contribution in [0.4, 0.5) is 10.1 Å². The summed E-state index contributed by atoms with van der Waals surface area (Å²) in [6.07, 6.45) is 5.89. The van der Waals surface area contributed by atoms with Crippen molar-refractivity contribution in [3.63, 3.8) is 0 Å². The van der Waals surface area contributed by atoms with Crippen LogP contribution in [0.25, 0.3) is 5.65 Å². The first-order valence-electron chi connectivity index (χ1n) is 4.55. The van der Waals surface area contributed by atoms with Gasteiger partial charge in [-0.15, -0.1) is 0 Å². The van der Waals surface area contributed by atoms with E-state index in [2.05, 4.69) is 10.3 Å². The van der Waals surface area contributed by atoms with Gasteiger partial charge in [0.1, 0.15) is 5.65 Å². The van der Waals surface area contributed by atoms with Gasteiger partial charge < -0.3 is 9.72 Å². The van der Waals surface area contributed by atoms with E-state index in [4.69, 9.17) is 0 Å². The van der Waals surface area contributed by atoms with Crippen molar-refractivity contribution in [1.29, 1.82) is 0 Å². The van der Waals surface area contributed by atoms with Gasteiger partial charge in [-0.3, -0.25) is 4.39 Å². The molecule has 0 aromatic carbocycles. The molecule has 2 rings (SSSR count). The number of anilines is 1. The lowest BCUT2D eigenvalue weighted by molar-refractivity contribution is 0.496. The van der Waals surface area contributed by atoms with Gasteiger partial charge in [-0.05, 0) is 6.07 Å². The van der Waals surface area contributed by atoms with Crippen LogP contribution >= 0.6 is 0 Å². The topological polar surface area (TPSA) is 29.3 Å². The Morgan fingerprint density at radius 1 is 1.50 bits per heavy atom. The number of halogens is 1. The first kappa shape index (κ1) is 8.99. The molecule has 0 atom stereocenters. The van der Waals surface area contributed by atoms with Crippen molar-refractivity contribution in [2.75, 3.05) is 19.0 Å². The first-order chi connectivity index (χ1) is 6.86. The zero-order chi connectivity index (χ0) is 9.97. The highest BCUT2D eigenvalue weighted by Gasteiger charge is 2.07. The number of imidazole rings is 1. The quantitative estimate of drug-likeness (QED) is 0.806. The smallest absolute Gasteiger partial charge is 0.142 e. The van der Waals surface area contributed by atoms with Gasteiger partial charge in [-0.25, -0.2) is 4.98 Å². The fraction of sp³-hybridized carbons (Fsp3) is 0.300. The average Bonchev–Trinajstić information content (AvgIpc) is 2.67. The third-order valence-electron chi connectivity index (χ3n) is 2.28. The highest BCUT2D eigenvalue weighted by atomic mass is 19.1. The zero-order valence-corrected chi connectivity index (χ0v) is 8.00. The molecule has 0 radical (unpaired) electrons. The van der Waals surface area contributed by atoms with Gasteiger partial charge in [-0.2, -0.15) is 0 Å². The first-order valence-corrected chi connectivity index (χ1v) is 4.55. The van der Waals surface area contributed by atoms with E-state index in [9.17, 15) is 4.39 Å². The number of aromatic nitrogens is 2. The molecule has 0 aliphatic carbocycles. The lowest BCUT2D eigenvalue weighted by atomic mass is 10.1. The van der Waals surface area contributed by atoms with Crippen LogP contribution < -0.4 is 5.32 Å². The number of nitrogens with zero attached hydrogens (tertiary/aromatic N) is 2. The molecular formula is C10H12FN3. The molecule has 14 heavy (non-hydrogen) atoms. The minimum absolute atomic E-state index is 0.360. The van der Waals surface area contributed by atoms with Gasteiger partial charge >= 0.3 is 0 Å². The summed E-state index contributed by atoms with van der Waals surface area (Å²) < 4.78 is 14.3. The Labute approximate surface area is 81.6 Å². The number of alkyl halides is 1. The molecule has 4 heteroatoms. The number of rotatable bonds is 3. The Bertz CT molecular complexity index is 436. The molecule has 0 unspecified atom stereocenters. The Morgan fingerprint density at radius 3 is 3.07 bits per heavy atom. The fourth-order valence-electron chi connectivity index (χ4n) is 1.62. The monoisotopic (exact) mass is 193 g/mol. The van der Waals surface area contributed by atoms with Gasteiger partial charge in [0.05, 0.1) is 6.67 Å². The second-order valence-electron chi connectivity index (χ2n) is 3.06. The van der Waals surface area contributed by atoms with Crippen LogP contribution in [0, 0.1) is 0 Å². The molecule has 2 aromatic rings. The molecule has 0 amide bonds. The molecule has 0 fully saturated rings. The molecule has 0 saturated heterocycles. The van der Waals surface area contributed by atoms with E-state index in [-0.39, 0.29) is 6.67 Å². The van der Waals surface area contributed by atoms with Crippen LogP contribution in [0.1, 0.15) is 5.56 Å². The highest BCUT2D eigenvalue weighted by Crippen LogP contribution is 2.20. The van der Waals surface area contributed by atoms with Crippen LogP contribution in [-0.2, 0) is 6.42 Å². The summed E-state index contributed by atoms with van der Waals surface area (Å²) in [4.78, 5) is 4.20. The molecule has 0 bridgehead atoms. The third-order valence-corrected chi connectivity index (χ3v) is 2.28. The van der Waals surface area contributed by atoms with Crippen LogP contribution in [0.5, 0.6) is 0 Å². The summed E-state index contributed by atoms with van der Waals surface area (Å²) in [5.74, 6) is 0. The van der Waals surface area contributed by atoms with Crippen molar-refractivity contribution in [2.45, 2.75) is 6.42 Å². The second kappa shape index (κ2) is 3.65. The zero-order valence-electron chi connectivity index (χ0n) is 8.00. The molecule has 0 aliphatic rings. The van der Waals surface area contributed by atoms with Gasteiger partial charge in [-0.1, -0.05) is 0 Å². The second-order valence-corrected chi connectivity index (χ2v) is 3.06. The van der Waals surface area contributed by atoms with E-state index in [1.807, 2.05) is 29.9 Å². The Balaban J connectivity index is 2.62. The molecule has 3 nitrogen and oxygen atoms in total. The summed E-state index contributed by atoms with van der Waals surface area (Å²) in [6.45, 7) is -0.360. The predicted molar refractivity (Wildman–Crippen MR) is 54.4 cm³/mol. The Kier molecular flexibility index (Phi) is 2.35. The van der Waals surface area contributed by atoms with Crippen LogP contribution in [0.15, 0.2) is 24.7 Å². The number of aryl methyl sites for hydroxylation is 1. The summed E-state index contributed by atoms with van der Waals surface area (Å²) in [6, 6.07) is 1.93. The van der Waals surface area contributed by atoms with E-state index >= 15 is 0 Å². The van der Waals surface area contributed by atoms with Crippen molar-refractivity contribution >= 4 is 11.3 Å².